The molecule has 1 saturated heterocycles. The van der Waals surface area contributed by atoms with Crippen LogP contribution in [-0.2, 0) is 14.8 Å². The third-order valence-corrected chi connectivity index (χ3v) is 8.11. The number of nitrogens with one attached hydrogen (secondary N) is 3. The van der Waals surface area contributed by atoms with Crippen molar-refractivity contribution in [2.45, 2.75) is 30.2 Å². The van der Waals surface area contributed by atoms with Gasteiger partial charge in [0.1, 0.15) is 5.75 Å². The molecule has 0 radical (unpaired) electrons. The second-order valence-electron chi connectivity index (χ2n) is 9.17. The van der Waals surface area contributed by atoms with Crippen molar-refractivity contribution in [3.8, 4) is 5.75 Å². The van der Waals surface area contributed by atoms with Crippen LogP contribution in [-0.4, -0.2) is 47.1 Å². The average Bonchev–Trinajstić information content (AvgIpc) is 2.89. The highest BCUT2D eigenvalue weighted by molar-refractivity contribution is 7.89. The minimum atomic E-state index is -3.67. The SMILES string of the molecule is COc1ccccc1C(CNC(=O)[C@@H]1CNC[C@@H](NS(=O)(=O)c2ccc(C)cc2)C1)c1ccccc1. The van der Waals surface area contributed by atoms with Crippen LogP contribution in [0, 0.1) is 12.8 Å². The minimum Gasteiger partial charge on any atom is -0.496 e. The number of rotatable bonds is 9. The van der Waals surface area contributed by atoms with Crippen LogP contribution in [0.4, 0.5) is 0 Å². The highest BCUT2D eigenvalue weighted by Gasteiger charge is 2.30. The highest BCUT2D eigenvalue weighted by Crippen LogP contribution is 2.31. The van der Waals surface area contributed by atoms with E-state index in [4.69, 9.17) is 4.74 Å². The first-order chi connectivity index (χ1) is 17.4. The summed E-state index contributed by atoms with van der Waals surface area (Å²) in [6.07, 6.45) is 0.425. The number of para-hydroxylation sites is 1. The summed E-state index contributed by atoms with van der Waals surface area (Å²) in [7, 11) is -2.02. The summed E-state index contributed by atoms with van der Waals surface area (Å²) >= 11 is 0. The average molecular weight is 508 g/mol. The van der Waals surface area contributed by atoms with Gasteiger partial charge in [-0.15, -0.1) is 0 Å². The molecule has 190 valence electrons. The van der Waals surface area contributed by atoms with Gasteiger partial charge in [-0.1, -0.05) is 66.2 Å². The van der Waals surface area contributed by atoms with Crippen molar-refractivity contribution in [2.75, 3.05) is 26.7 Å². The van der Waals surface area contributed by atoms with Crippen molar-refractivity contribution in [1.29, 1.82) is 0 Å². The summed E-state index contributed by atoms with van der Waals surface area (Å²) in [4.78, 5) is 13.4. The largest absolute Gasteiger partial charge is 0.496 e. The van der Waals surface area contributed by atoms with Gasteiger partial charge >= 0.3 is 0 Å². The second kappa shape index (κ2) is 11.7. The van der Waals surface area contributed by atoms with Gasteiger partial charge in [0.05, 0.1) is 17.9 Å². The lowest BCUT2D eigenvalue weighted by molar-refractivity contribution is -0.125. The first-order valence-corrected chi connectivity index (χ1v) is 13.6. The Morgan fingerprint density at radius 2 is 1.69 bits per heavy atom. The number of carbonyl (C=O) groups excluding carboxylic acids is 1. The molecule has 1 fully saturated rings. The molecule has 3 atom stereocenters. The molecule has 1 amide bonds. The van der Waals surface area contributed by atoms with Gasteiger partial charge in [0.15, 0.2) is 0 Å². The number of aryl methyl sites for hydroxylation is 1. The number of hydrogen-bond acceptors (Lipinski definition) is 5. The Morgan fingerprint density at radius 1 is 1.00 bits per heavy atom. The number of sulfonamides is 1. The number of amides is 1. The van der Waals surface area contributed by atoms with Crippen molar-refractivity contribution in [3.05, 3.63) is 95.6 Å². The Bertz CT molecular complexity index is 1260. The quantitative estimate of drug-likeness (QED) is 0.413. The maximum absolute atomic E-state index is 13.2. The van der Waals surface area contributed by atoms with E-state index in [-0.39, 0.29) is 28.7 Å². The number of piperidine rings is 1. The van der Waals surface area contributed by atoms with Gasteiger partial charge < -0.3 is 15.4 Å². The minimum absolute atomic E-state index is 0.0845. The van der Waals surface area contributed by atoms with Gasteiger partial charge in [-0.2, -0.15) is 0 Å². The zero-order valence-electron chi connectivity index (χ0n) is 20.6. The molecule has 0 aliphatic carbocycles. The second-order valence-corrected chi connectivity index (χ2v) is 10.9. The predicted octanol–water partition coefficient (Wildman–Crippen LogP) is 3.21. The molecule has 36 heavy (non-hydrogen) atoms. The van der Waals surface area contributed by atoms with Crippen LogP contribution in [0.2, 0.25) is 0 Å². The fourth-order valence-corrected chi connectivity index (χ4v) is 5.88. The predicted molar refractivity (Wildman–Crippen MR) is 141 cm³/mol. The highest BCUT2D eigenvalue weighted by atomic mass is 32.2. The summed E-state index contributed by atoms with van der Waals surface area (Å²) in [6.45, 7) is 3.29. The molecular weight excluding hydrogens is 474 g/mol. The molecule has 0 aromatic heterocycles. The molecule has 7 nitrogen and oxygen atoms in total. The van der Waals surface area contributed by atoms with E-state index in [9.17, 15) is 13.2 Å². The fraction of sp³-hybridized carbons (Fsp3) is 0.321. The Morgan fingerprint density at radius 3 is 2.42 bits per heavy atom. The van der Waals surface area contributed by atoms with E-state index < -0.39 is 10.0 Å². The lowest BCUT2D eigenvalue weighted by atomic mass is 9.90. The summed E-state index contributed by atoms with van der Waals surface area (Å²) < 4.78 is 34.0. The summed E-state index contributed by atoms with van der Waals surface area (Å²) in [5.41, 5.74) is 3.07. The molecule has 0 saturated carbocycles. The Kier molecular flexibility index (Phi) is 8.40. The van der Waals surface area contributed by atoms with E-state index in [0.717, 1.165) is 22.4 Å². The van der Waals surface area contributed by atoms with Crippen molar-refractivity contribution in [1.82, 2.24) is 15.4 Å². The van der Waals surface area contributed by atoms with Crippen LogP contribution in [0.5, 0.6) is 5.75 Å². The van der Waals surface area contributed by atoms with Crippen LogP contribution in [0.3, 0.4) is 0 Å². The van der Waals surface area contributed by atoms with E-state index in [1.165, 1.54) is 0 Å². The molecule has 1 aliphatic rings. The smallest absolute Gasteiger partial charge is 0.240 e. The lowest BCUT2D eigenvalue weighted by Crippen LogP contribution is -2.52. The monoisotopic (exact) mass is 507 g/mol. The molecule has 8 heteroatoms. The standard InChI is InChI=1S/C28H33N3O4S/c1-20-12-14-24(15-13-20)36(33,34)31-23-16-22(17-29-18-23)28(32)30-19-26(21-8-4-3-5-9-21)25-10-6-7-11-27(25)35-2/h3-15,22-23,26,29,31H,16-19H2,1-2H3,(H,30,32)/t22-,23-,26?/m0/s1. The third kappa shape index (κ3) is 6.32. The maximum Gasteiger partial charge on any atom is 0.240 e. The van der Waals surface area contributed by atoms with Gasteiger partial charge in [-0.05, 0) is 37.1 Å². The number of methoxy groups -OCH3 is 1. The van der Waals surface area contributed by atoms with E-state index >= 15 is 0 Å². The van der Waals surface area contributed by atoms with Crippen molar-refractivity contribution >= 4 is 15.9 Å². The van der Waals surface area contributed by atoms with Crippen molar-refractivity contribution < 1.29 is 17.9 Å². The van der Waals surface area contributed by atoms with Crippen LogP contribution in [0.25, 0.3) is 0 Å². The first kappa shape index (κ1) is 25.9. The van der Waals surface area contributed by atoms with Gasteiger partial charge in [0.25, 0.3) is 0 Å². The number of hydrogen-bond donors (Lipinski definition) is 3. The first-order valence-electron chi connectivity index (χ1n) is 12.1. The van der Waals surface area contributed by atoms with E-state index in [1.807, 2.05) is 61.5 Å². The molecule has 4 rings (SSSR count). The van der Waals surface area contributed by atoms with Crippen LogP contribution in [0.1, 0.15) is 29.0 Å². The Hall–Kier alpha value is -3.20. The zero-order valence-corrected chi connectivity index (χ0v) is 21.4. The number of ether oxygens (including phenoxy) is 1. The van der Waals surface area contributed by atoms with Crippen LogP contribution in [0.15, 0.2) is 83.8 Å². The zero-order chi connectivity index (χ0) is 25.5. The normalized spacial score (nSPS) is 18.8. The Balaban J connectivity index is 1.43. The summed E-state index contributed by atoms with van der Waals surface area (Å²) in [5, 5.41) is 6.32. The van der Waals surface area contributed by atoms with Gasteiger partial charge in [-0.25, -0.2) is 13.1 Å². The molecule has 0 bridgehead atoms. The van der Waals surface area contributed by atoms with E-state index in [1.54, 1.807) is 31.4 Å². The molecule has 0 spiro atoms. The molecule has 1 aliphatic heterocycles. The molecular formula is C28H33N3O4S. The van der Waals surface area contributed by atoms with Gasteiger partial charge in [0, 0.05) is 37.2 Å². The van der Waals surface area contributed by atoms with E-state index in [0.29, 0.717) is 26.1 Å². The number of carbonyl (C=O) groups is 1. The van der Waals surface area contributed by atoms with Gasteiger partial charge in [-0.3, -0.25) is 4.79 Å². The maximum atomic E-state index is 13.2. The molecule has 3 aromatic rings. The Labute approximate surface area is 213 Å². The molecule has 1 unspecified atom stereocenters. The fourth-order valence-electron chi connectivity index (χ4n) is 4.63. The van der Waals surface area contributed by atoms with E-state index in [2.05, 4.69) is 15.4 Å². The van der Waals surface area contributed by atoms with Crippen LogP contribution < -0.4 is 20.1 Å². The lowest BCUT2D eigenvalue weighted by Gasteiger charge is -2.30. The molecule has 3 N–H and O–H groups in total. The molecule has 3 aromatic carbocycles. The van der Waals surface area contributed by atoms with Crippen molar-refractivity contribution in [3.63, 3.8) is 0 Å². The van der Waals surface area contributed by atoms with Crippen molar-refractivity contribution in [2.24, 2.45) is 5.92 Å². The van der Waals surface area contributed by atoms with Crippen LogP contribution >= 0.6 is 0 Å². The summed E-state index contributed by atoms with van der Waals surface area (Å²) in [6, 6.07) is 24.2. The van der Waals surface area contributed by atoms with Gasteiger partial charge in [0.2, 0.25) is 15.9 Å². The number of benzene rings is 3. The molecule has 1 heterocycles. The summed E-state index contributed by atoms with van der Waals surface area (Å²) in [5.74, 6) is 0.236. The third-order valence-electron chi connectivity index (χ3n) is 6.57. The topological polar surface area (TPSA) is 96.5 Å².